The number of urea groups is 1. The Bertz CT molecular complexity index is 1240. The minimum absolute atomic E-state index is 0.404. The van der Waals surface area contributed by atoms with Gasteiger partial charge in [0.2, 0.25) is 0 Å². The van der Waals surface area contributed by atoms with E-state index in [1.54, 1.807) is 50.0 Å². The van der Waals surface area contributed by atoms with Crippen LogP contribution in [0.4, 0.5) is 27.7 Å². The van der Waals surface area contributed by atoms with Gasteiger partial charge in [0.05, 0.1) is 19.9 Å². The van der Waals surface area contributed by atoms with Crippen LogP contribution in [-0.4, -0.2) is 39.8 Å². The van der Waals surface area contributed by atoms with Crippen molar-refractivity contribution < 1.29 is 14.3 Å². The third-order valence-corrected chi connectivity index (χ3v) is 4.66. The molecule has 3 N–H and O–H groups in total. The zero-order chi connectivity index (χ0) is 23.2. The number of anilines is 4. The third-order valence-electron chi connectivity index (χ3n) is 4.66. The van der Waals surface area contributed by atoms with Gasteiger partial charge < -0.3 is 25.4 Å². The quantitative estimate of drug-likeness (QED) is 0.387. The van der Waals surface area contributed by atoms with Gasteiger partial charge in [0.15, 0.2) is 11.5 Å². The van der Waals surface area contributed by atoms with E-state index in [0.717, 1.165) is 5.69 Å². The minimum Gasteiger partial charge on any atom is -0.493 e. The van der Waals surface area contributed by atoms with Crippen molar-refractivity contribution in [2.75, 3.05) is 30.2 Å². The van der Waals surface area contributed by atoms with Gasteiger partial charge in [-0.2, -0.15) is 0 Å². The number of rotatable bonds is 7. The van der Waals surface area contributed by atoms with Crippen LogP contribution < -0.4 is 25.4 Å². The highest BCUT2D eigenvalue weighted by Crippen LogP contribution is 2.34. The molecule has 0 spiro atoms. The number of hydrogen-bond acceptors (Lipinski definition) is 7. The number of carbonyl (C=O) groups is 1. The van der Waals surface area contributed by atoms with Crippen LogP contribution in [0.5, 0.6) is 11.5 Å². The molecule has 168 valence electrons. The first kappa shape index (κ1) is 21.6. The summed E-state index contributed by atoms with van der Waals surface area (Å²) in [7, 11) is 3.06. The van der Waals surface area contributed by atoms with E-state index >= 15 is 0 Å². The second-order valence-electron chi connectivity index (χ2n) is 6.95. The predicted octanol–water partition coefficient (Wildman–Crippen LogP) is 4.38. The largest absolute Gasteiger partial charge is 0.493 e. The molecule has 0 saturated carbocycles. The highest BCUT2D eigenvalue weighted by molar-refractivity contribution is 6.01. The molecule has 0 radical (unpaired) electrons. The number of methoxy groups -OCH3 is 2. The van der Waals surface area contributed by atoms with E-state index in [0.29, 0.717) is 40.3 Å². The second kappa shape index (κ2) is 9.69. The molecule has 4 rings (SSSR count). The summed E-state index contributed by atoms with van der Waals surface area (Å²) in [5, 5.41) is 8.82. The van der Waals surface area contributed by atoms with E-state index in [2.05, 4.69) is 30.9 Å². The van der Waals surface area contributed by atoms with Crippen LogP contribution in [0.25, 0.3) is 5.82 Å². The van der Waals surface area contributed by atoms with Crippen molar-refractivity contribution >= 4 is 28.9 Å². The molecule has 2 aromatic heterocycles. The van der Waals surface area contributed by atoms with Crippen LogP contribution in [-0.2, 0) is 0 Å². The van der Waals surface area contributed by atoms with Gasteiger partial charge in [-0.3, -0.25) is 4.57 Å². The minimum atomic E-state index is -0.404. The number of aromatic nitrogens is 4. The Labute approximate surface area is 190 Å². The first-order chi connectivity index (χ1) is 16.1. The Morgan fingerprint density at radius 3 is 2.45 bits per heavy atom. The molecule has 2 heterocycles. The molecule has 0 aliphatic heterocycles. The van der Waals surface area contributed by atoms with E-state index in [-0.39, 0.29) is 0 Å². The molecule has 0 fully saturated rings. The van der Waals surface area contributed by atoms with Crippen LogP contribution in [0.2, 0.25) is 0 Å². The zero-order valence-corrected chi connectivity index (χ0v) is 18.4. The summed E-state index contributed by atoms with van der Waals surface area (Å²) in [6.07, 6.45) is 5.19. The van der Waals surface area contributed by atoms with E-state index in [1.165, 1.54) is 7.11 Å². The summed E-state index contributed by atoms with van der Waals surface area (Å²) in [5.41, 5.74) is 1.93. The van der Waals surface area contributed by atoms with Crippen LogP contribution in [0.15, 0.2) is 67.3 Å². The lowest BCUT2D eigenvalue weighted by molar-refractivity contribution is 0.262. The van der Waals surface area contributed by atoms with Crippen molar-refractivity contribution in [3.63, 3.8) is 0 Å². The average Bonchev–Trinajstić information content (AvgIpc) is 3.35. The molecule has 0 unspecified atom stereocenters. The maximum absolute atomic E-state index is 12.5. The molecule has 0 aliphatic rings. The predicted molar refractivity (Wildman–Crippen MR) is 126 cm³/mol. The number of ether oxygens (including phenoxy) is 2. The molecule has 0 atom stereocenters. The Hall–Kier alpha value is -4.60. The molecule has 2 amide bonds. The molecule has 0 bridgehead atoms. The lowest BCUT2D eigenvalue weighted by Gasteiger charge is -2.14. The SMILES string of the molecule is COc1cccc(NC(=O)Nc2ccc(Nc3cc(-n4ccnc4)nc(C)n3)cc2)c1OC. The molecular weight excluding hydrogens is 422 g/mol. The summed E-state index contributed by atoms with van der Waals surface area (Å²) in [4.78, 5) is 25.4. The van der Waals surface area contributed by atoms with Gasteiger partial charge in [-0.05, 0) is 43.3 Å². The molecule has 2 aromatic carbocycles. The molecule has 33 heavy (non-hydrogen) atoms. The van der Waals surface area contributed by atoms with Crippen LogP contribution in [0.1, 0.15) is 5.82 Å². The fraction of sp³-hybridized carbons (Fsp3) is 0.130. The number of imidazole rings is 1. The highest BCUT2D eigenvalue weighted by atomic mass is 16.5. The molecular formula is C23H23N7O3. The van der Waals surface area contributed by atoms with Crippen molar-refractivity contribution in [1.29, 1.82) is 0 Å². The normalized spacial score (nSPS) is 10.4. The summed E-state index contributed by atoms with van der Waals surface area (Å²) in [5.74, 6) is 2.97. The number of para-hydroxylation sites is 1. The van der Waals surface area contributed by atoms with Gasteiger partial charge in [0, 0.05) is 29.8 Å². The fourth-order valence-corrected chi connectivity index (χ4v) is 3.20. The summed E-state index contributed by atoms with van der Waals surface area (Å²) in [6.45, 7) is 1.83. The molecule has 0 aliphatic carbocycles. The van der Waals surface area contributed by atoms with E-state index in [9.17, 15) is 4.79 Å². The smallest absolute Gasteiger partial charge is 0.323 e. The second-order valence-corrected chi connectivity index (χ2v) is 6.95. The Morgan fingerprint density at radius 2 is 1.76 bits per heavy atom. The van der Waals surface area contributed by atoms with Crippen molar-refractivity contribution in [3.05, 3.63) is 73.1 Å². The van der Waals surface area contributed by atoms with Gasteiger partial charge in [0.25, 0.3) is 0 Å². The Kier molecular flexibility index (Phi) is 6.35. The summed E-state index contributed by atoms with van der Waals surface area (Å²) in [6, 6.07) is 13.9. The first-order valence-corrected chi connectivity index (χ1v) is 10.1. The van der Waals surface area contributed by atoms with Crippen molar-refractivity contribution in [3.8, 4) is 17.3 Å². The standard InChI is InChI=1S/C23H23N7O3/c1-15-25-20(13-21(26-15)30-12-11-24-14-30)27-16-7-9-17(10-8-16)28-23(31)29-18-5-4-6-19(32-2)22(18)33-3/h4-14H,1-3H3,(H,25,26,27)(H2,28,29,31). The lowest BCUT2D eigenvalue weighted by Crippen LogP contribution is -2.19. The molecule has 10 nitrogen and oxygen atoms in total. The van der Waals surface area contributed by atoms with Gasteiger partial charge in [-0.15, -0.1) is 0 Å². The average molecular weight is 445 g/mol. The van der Waals surface area contributed by atoms with Crippen LogP contribution in [0.3, 0.4) is 0 Å². The topological polar surface area (TPSA) is 115 Å². The maximum Gasteiger partial charge on any atom is 0.323 e. The number of amides is 2. The van der Waals surface area contributed by atoms with E-state index in [1.807, 2.05) is 35.9 Å². The summed E-state index contributed by atoms with van der Waals surface area (Å²) >= 11 is 0. The number of nitrogens with zero attached hydrogens (tertiary/aromatic N) is 4. The number of aryl methyl sites for hydroxylation is 1. The molecule has 10 heteroatoms. The Balaban J connectivity index is 1.42. The van der Waals surface area contributed by atoms with Gasteiger partial charge in [-0.1, -0.05) is 6.07 Å². The van der Waals surface area contributed by atoms with Gasteiger partial charge in [-0.25, -0.2) is 19.7 Å². The lowest BCUT2D eigenvalue weighted by atomic mass is 10.2. The van der Waals surface area contributed by atoms with E-state index in [4.69, 9.17) is 9.47 Å². The van der Waals surface area contributed by atoms with Crippen LogP contribution >= 0.6 is 0 Å². The highest BCUT2D eigenvalue weighted by Gasteiger charge is 2.12. The zero-order valence-electron chi connectivity index (χ0n) is 18.4. The number of nitrogens with one attached hydrogen (secondary N) is 3. The third kappa shape index (κ3) is 5.18. The molecule has 0 saturated heterocycles. The number of carbonyl (C=O) groups excluding carboxylic acids is 1. The van der Waals surface area contributed by atoms with Crippen molar-refractivity contribution in [1.82, 2.24) is 19.5 Å². The van der Waals surface area contributed by atoms with Crippen molar-refractivity contribution in [2.24, 2.45) is 0 Å². The maximum atomic E-state index is 12.5. The molecule has 4 aromatic rings. The van der Waals surface area contributed by atoms with Gasteiger partial charge in [0.1, 0.15) is 23.8 Å². The monoisotopic (exact) mass is 445 g/mol. The fourth-order valence-electron chi connectivity index (χ4n) is 3.20. The number of benzene rings is 2. The van der Waals surface area contributed by atoms with Crippen molar-refractivity contribution in [2.45, 2.75) is 6.92 Å². The number of hydrogen-bond donors (Lipinski definition) is 3. The summed E-state index contributed by atoms with van der Waals surface area (Å²) < 4.78 is 12.4. The van der Waals surface area contributed by atoms with Crippen LogP contribution in [0, 0.1) is 6.92 Å². The van der Waals surface area contributed by atoms with E-state index < -0.39 is 6.03 Å². The van der Waals surface area contributed by atoms with Gasteiger partial charge >= 0.3 is 6.03 Å². The first-order valence-electron chi connectivity index (χ1n) is 10.1. The Morgan fingerprint density at radius 1 is 0.970 bits per heavy atom.